The third kappa shape index (κ3) is 7.19. The number of carboxylic acid groups (broad SMARTS) is 1. The van der Waals surface area contributed by atoms with Crippen LogP contribution in [0.25, 0.3) is 42.7 Å². The molecule has 3 aromatic heterocycles. The highest BCUT2D eigenvalue weighted by atomic mass is 32.1. The van der Waals surface area contributed by atoms with E-state index in [-0.39, 0.29) is 6.04 Å². The third-order valence-electron chi connectivity index (χ3n) is 6.62. The van der Waals surface area contributed by atoms with E-state index in [1.54, 1.807) is 17.5 Å². The Balaban J connectivity index is 0.000000472. The zero-order valence-electron chi connectivity index (χ0n) is 22.9. The van der Waals surface area contributed by atoms with Crippen LogP contribution in [0.2, 0.25) is 0 Å². The number of thiophene rings is 1. The maximum atomic E-state index is 10.6. The van der Waals surface area contributed by atoms with E-state index in [0.29, 0.717) is 12.4 Å². The molecule has 0 aliphatic heterocycles. The summed E-state index contributed by atoms with van der Waals surface area (Å²) in [7, 11) is 0. The van der Waals surface area contributed by atoms with Gasteiger partial charge in [0.1, 0.15) is 12.4 Å². The van der Waals surface area contributed by atoms with Gasteiger partial charge in [0.2, 0.25) is 0 Å². The number of aromatic amines is 1. The van der Waals surface area contributed by atoms with Gasteiger partial charge >= 0.3 is 12.1 Å². The Morgan fingerprint density at radius 1 is 1.05 bits per heavy atom. The van der Waals surface area contributed by atoms with Crippen molar-refractivity contribution in [3.05, 3.63) is 102 Å². The first-order chi connectivity index (χ1) is 20.6. The summed E-state index contributed by atoms with van der Waals surface area (Å²) in [5.41, 5.74) is 12.6. The van der Waals surface area contributed by atoms with Crippen LogP contribution >= 0.6 is 11.3 Å². The average molecular weight is 605 g/mol. The molecule has 3 aromatic carbocycles. The average Bonchev–Trinajstić information content (AvgIpc) is 3.59. The Kier molecular flexibility index (Phi) is 8.74. The number of ether oxygens (including phenoxy) is 1. The molecule has 0 amide bonds. The zero-order chi connectivity index (χ0) is 30.6. The predicted molar refractivity (Wildman–Crippen MR) is 162 cm³/mol. The van der Waals surface area contributed by atoms with Crippen molar-refractivity contribution in [1.29, 1.82) is 0 Å². The number of halogens is 3. The first-order valence-corrected chi connectivity index (χ1v) is 14.1. The molecule has 6 aromatic rings. The highest BCUT2D eigenvalue weighted by molar-refractivity contribution is 7.22. The molecule has 43 heavy (non-hydrogen) atoms. The van der Waals surface area contributed by atoms with E-state index >= 15 is 0 Å². The van der Waals surface area contributed by atoms with Crippen LogP contribution in [0, 0.1) is 6.92 Å². The Morgan fingerprint density at radius 2 is 1.77 bits per heavy atom. The number of nitrogens with two attached hydrogens (primary N) is 1. The van der Waals surface area contributed by atoms with Gasteiger partial charge in [-0.3, -0.25) is 10.1 Å². The predicted octanol–water partition coefficient (Wildman–Crippen LogP) is 7.40. The van der Waals surface area contributed by atoms with E-state index in [4.69, 9.17) is 25.4 Å². The number of nitrogens with one attached hydrogen (secondary N) is 1. The summed E-state index contributed by atoms with van der Waals surface area (Å²) in [6.45, 7) is 2.45. The standard InChI is InChI=1S/C30H26N4OS.C2HF3O2/c1-19-25-14-21(11-12-27(25)34-33-19)26-16-24(35-18-23(31)13-20-7-3-2-4-8-20)17-32-30(26)29-15-22-9-5-6-10-28(22)36-29;3-2(4,5)1(6)7/h2-12,14-17,23H,13,18,31H2,1H3,(H,33,34);(H,6,7)/t23-;/m0./s1. The van der Waals surface area contributed by atoms with Gasteiger partial charge in [0, 0.05) is 27.4 Å². The van der Waals surface area contributed by atoms with Crippen molar-refractivity contribution < 1.29 is 27.8 Å². The molecule has 0 radical (unpaired) electrons. The molecule has 0 aliphatic carbocycles. The number of benzene rings is 3. The number of carboxylic acids is 1. The summed E-state index contributed by atoms with van der Waals surface area (Å²) >= 11 is 1.75. The number of aryl methyl sites for hydroxylation is 1. The SMILES string of the molecule is Cc1[nH]nc2ccc(-c3cc(OC[C@@H](N)Cc4ccccc4)cnc3-c3cc4ccccc4s3)cc12.O=C(O)C(F)(F)F. The molecule has 1 atom stereocenters. The molecule has 0 spiro atoms. The van der Waals surface area contributed by atoms with Gasteiger partial charge < -0.3 is 15.6 Å². The molecular formula is C32H27F3N4O3S. The second-order valence-corrected chi connectivity index (χ2v) is 10.9. The molecule has 11 heteroatoms. The van der Waals surface area contributed by atoms with Crippen LogP contribution in [0.3, 0.4) is 0 Å². The summed E-state index contributed by atoms with van der Waals surface area (Å²) in [4.78, 5) is 14.9. The second kappa shape index (κ2) is 12.6. The number of aromatic nitrogens is 3. The van der Waals surface area contributed by atoms with Gasteiger partial charge in [-0.2, -0.15) is 18.3 Å². The number of hydrogen-bond donors (Lipinski definition) is 3. The number of nitrogens with zero attached hydrogens (tertiary/aromatic N) is 2. The fourth-order valence-electron chi connectivity index (χ4n) is 4.52. The summed E-state index contributed by atoms with van der Waals surface area (Å²) in [5.74, 6) is -2.05. The first kappa shape index (κ1) is 29.7. The third-order valence-corrected chi connectivity index (χ3v) is 7.75. The van der Waals surface area contributed by atoms with Gasteiger partial charge in [-0.1, -0.05) is 54.6 Å². The summed E-state index contributed by atoms with van der Waals surface area (Å²) in [5, 5.41) is 16.9. The monoisotopic (exact) mass is 604 g/mol. The van der Waals surface area contributed by atoms with Crippen molar-refractivity contribution >= 4 is 38.3 Å². The lowest BCUT2D eigenvalue weighted by atomic mass is 10.0. The number of rotatable bonds is 7. The molecule has 0 saturated carbocycles. The summed E-state index contributed by atoms with van der Waals surface area (Å²) in [6.07, 6.45) is -2.52. The van der Waals surface area contributed by atoms with Gasteiger partial charge in [0.05, 0.1) is 22.3 Å². The van der Waals surface area contributed by atoms with Crippen LogP contribution in [-0.4, -0.2) is 45.1 Å². The minimum absolute atomic E-state index is 0.108. The number of pyridine rings is 1. The first-order valence-electron chi connectivity index (χ1n) is 13.2. The van der Waals surface area contributed by atoms with Crippen LogP contribution in [-0.2, 0) is 11.2 Å². The van der Waals surface area contributed by atoms with Crippen LogP contribution in [0.1, 0.15) is 11.3 Å². The lowest BCUT2D eigenvalue weighted by Crippen LogP contribution is -2.30. The minimum atomic E-state index is -5.08. The molecule has 0 saturated heterocycles. The van der Waals surface area contributed by atoms with Crippen molar-refractivity contribution in [2.45, 2.75) is 25.6 Å². The maximum Gasteiger partial charge on any atom is 0.490 e. The van der Waals surface area contributed by atoms with Crippen LogP contribution in [0.15, 0.2) is 91.1 Å². The Labute approximate surface area is 248 Å². The highest BCUT2D eigenvalue weighted by Crippen LogP contribution is 2.39. The minimum Gasteiger partial charge on any atom is -0.490 e. The number of H-pyrrole nitrogens is 1. The fourth-order valence-corrected chi connectivity index (χ4v) is 5.60. The van der Waals surface area contributed by atoms with E-state index in [0.717, 1.165) is 44.7 Å². The Morgan fingerprint density at radius 3 is 2.49 bits per heavy atom. The smallest absolute Gasteiger partial charge is 0.490 e. The Hall–Kier alpha value is -4.74. The number of hydrogen-bond acceptors (Lipinski definition) is 6. The number of alkyl halides is 3. The highest BCUT2D eigenvalue weighted by Gasteiger charge is 2.38. The number of carbonyl (C=O) groups is 1. The molecule has 0 aliphatic rings. The van der Waals surface area contributed by atoms with Gasteiger partial charge in [-0.15, -0.1) is 11.3 Å². The van der Waals surface area contributed by atoms with Crippen LogP contribution in [0.5, 0.6) is 5.75 Å². The lowest BCUT2D eigenvalue weighted by Gasteiger charge is -2.15. The molecule has 3 heterocycles. The van der Waals surface area contributed by atoms with Crippen molar-refractivity contribution in [2.24, 2.45) is 5.73 Å². The van der Waals surface area contributed by atoms with Crippen molar-refractivity contribution in [1.82, 2.24) is 15.2 Å². The molecular weight excluding hydrogens is 577 g/mol. The van der Waals surface area contributed by atoms with Crippen molar-refractivity contribution in [2.75, 3.05) is 6.61 Å². The normalized spacial score (nSPS) is 12.1. The van der Waals surface area contributed by atoms with E-state index in [1.807, 2.05) is 31.2 Å². The van der Waals surface area contributed by atoms with Gasteiger partial charge in [-0.25, -0.2) is 4.79 Å². The van der Waals surface area contributed by atoms with E-state index < -0.39 is 12.1 Å². The van der Waals surface area contributed by atoms with Gasteiger partial charge in [-0.05, 0) is 60.2 Å². The van der Waals surface area contributed by atoms with Gasteiger partial charge in [0.25, 0.3) is 0 Å². The van der Waals surface area contributed by atoms with Crippen LogP contribution < -0.4 is 10.5 Å². The van der Waals surface area contributed by atoms with Crippen LogP contribution in [0.4, 0.5) is 13.2 Å². The molecule has 220 valence electrons. The fraction of sp³-hybridized carbons (Fsp3) is 0.156. The molecule has 4 N–H and O–H groups in total. The quantitative estimate of drug-likeness (QED) is 0.175. The Bertz CT molecular complexity index is 1840. The topological polar surface area (TPSA) is 114 Å². The van der Waals surface area contributed by atoms with Crippen molar-refractivity contribution in [3.8, 4) is 27.4 Å². The largest absolute Gasteiger partial charge is 0.490 e. The molecule has 0 bridgehead atoms. The van der Waals surface area contributed by atoms with Crippen molar-refractivity contribution in [3.63, 3.8) is 0 Å². The summed E-state index contributed by atoms with van der Waals surface area (Å²) < 4.78 is 39.1. The molecule has 0 fully saturated rings. The van der Waals surface area contributed by atoms with E-state index in [9.17, 15) is 13.2 Å². The molecule has 7 nitrogen and oxygen atoms in total. The zero-order valence-corrected chi connectivity index (χ0v) is 23.7. The maximum absolute atomic E-state index is 10.6. The molecule has 6 rings (SSSR count). The van der Waals surface area contributed by atoms with Gasteiger partial charge in [0.15, 0.2) is 0 Å². The number of fused-ring (bicyclic) bond motifs is 2. The van der Waals surface area contributed by atoms with E-state index in [2.05, 4.69) is 70.9 Å². The lowest BCUT2D eigenvalue weighted by molar-refractivity contribution is -0.192. The summed E-state index contributed by atoms with van der Waals surface area (Å²) in [6, 6.07) is 29.2. The second-order valence-electron chi connectivity index (χ2n) is 9.86. The number of aliphatic carboxylic acids is 1. The molecule has 0 unspecified atom stereocenters. The van der Waals surface area contributed by atoms with E-state index in [1.165, 1.54) is 15.6 Å².